The van der Waals surface area contributed by atoms with Gasteiger partial charge in [-0.05, 0) is 43.0 Å². The number of hydrogen-bond donors (Lipinski definition) is 1. The largest absolute Gasteiger partial charge is 0.481 e. The molecule has 1 unspecified atom stereocenters. The first kappa shape index (κ1) is 19.1. The van der Waals surface area contributed by atoms with E-state index < -0.39 is 6.04 Å². The number of fused-ring (bicyclic) bond motifs is 1. The Morgan fingerprint density at radius 1 is 1.28 bits per heavy atom. The standard InChI is InChI=1S/C22H23FN4O2/c1-12(2)9-17-18-19(26-25-17)22(28)27(16-10-13(3)21(29-4)24-11-16)20(18)14-5-7-15(23)8-6-14/h5-8,10-12,20H,9H2,1-4H3,(H,25,26). The maximum atomic E-state index is 13.6. The van der Waals surface area contributed by atoms with Crippen molar-refractivity contribution in [2.75, 3.05) is 12.0 Å². The van der Waals surface area contributed by atoms with E-state index in [1.54, 1.807) is 30.3 Å². The summed E-state index contributed by atoms with van der Waals surface area (Å²) in [5.41, 5.74) is 4.48. The zero-order chi connectivity index (χ0) is 20.7. The zero-order valence-corrected chi connectivity index (χ0v) is 16.9. The molecule has 29 heavy (non-hydrogen) atoms. The minimum Gasteiger partial charge on any atom is -0.481 e. The molecule has 3 aromatic rings. The number of pyridine rings is 1. The summed E-state index contributed by atoms with van der Waals surface area (Å²) in [5.74, 6) is 0.398. The minimum atomic E-state index is -0.403. The van der Waals surface area contributed by atoms with Crippen molar-refractivity contribution in [1.82, 2.24) is 15.2 Å². The molecule has 0 bridgehead atoms. The summed E-state index contributed by atoms with van der Waals surface area (Å²) in [4.78, 5) is 19.4. The van der Waals surface area contributed by atoms with E-state index in [0.29, 0.717) is 23.2 Å². The monoisotopic (exact) mass is 394 g/mol. The van der Waals surface area contributed by atoms with Crippen LogP contribution in [0.3, 0.4) is 0 Å². The summed E-state index contributed by atoms with van der Waals surface area (Å²) in [6, 6.07) is 7.73. The van der Waals surface area contributed by atoms with Gasteiger partial charge in [0, 0.05) is 11.1 Å². The predicted molar refractivity (Wildman–Crippen MR) is 108 cm³/mol. The summed E-state index contributed by atoms with van der Waals surface area (Å²) >= 11 is 0. The highest BCUT2D eigenvalue weighted by molar-refractivity contribution is 6.10. The molecule has 1 N–H and O–H groups in total. The second kappa shape index (κ2) is 7.31. The molecule has 0 aliphatic carbocycles. The van der Waals surface area contributed by atoms with E-state index >= 15 is 0 Å². The topological polar surface area (TPSA) is 71.1 Å². The van der Waals surface area contributed by atoms with E-state index in [1.165, 1.54) is 12.1 Å². The van der Waals surface area contributed by atoms with Crippen molar-refractivity contribution < 1.29 is 13.9 Å². The number of hydrogen-bond acceptors (Lipinski definition) is 4. The number of aryl methyl sites for hydroxylation is 1. The molecular weight excluding hydrogens is 371 g/mol. The highest BCUT2D eigenvalue weighted by atomic mass is 19.1. The van der Waals surface area contributed by atoms with Crippen molar-refractivity contribution >= 4 is 11.6 Å². The number of amides is 1. The van der Waals surface area contributed by atoms with Gasteiger partial charge in [0.05, 0.1) is 30.7 Å². The summed E-state index contributed by atoms with van der Waals surface area (Å²) in [7, 11) is 1.56. The number of nitrogens with one attached hydrogen (secondary N) is 1. The summed E-state index contributed by atoms with van der Waals surface area (Å²) in [6.45, 7) is 6.10. The van der Waals surface area contributed by atoms with Crippen LogP contribution in [-0.4, -0.2) is 28.2 Å². The summed E-state index contributed by atoms with van der Waals surface area (Å²) < 4.78 is 18.8. The fraction of sp³-hybridized carbons (Fsp3) is 0.318. The third-order valence-corrected chi connectivity index (χ3v) is 5.12. The van der Waals surface area contributed by atoms with Gasteiger partial charge in [-0.25, -0.2) is 9.37 Å². The molecule has 2 aromatic heterocycles. The van der Waals surface area contributed by atoms with Gasteiger partial charge in [-0.15, -0.1) is 0 Å². The van der Waals surface area contributed by atoms with Crippen molar-refractivity contribution in [2.24, 2.45) is 5.92 Å². The van der Waals surface area contributed by atoms with Gasteiger partial charge < -0.3 is 4.74 Å². The molecule has 6 nitrogen and oxygen atoms in total. The van der Waals surface area contributed by atoms with Gasteiger partial charge in [0.15, 0.2) is 0 Å². The molecular formula is C22H23FN4O2. The smallest absolute Gasteiger partial charge is 0.277 e. The fourth-order valence-electron chi connectivity index (χ4n) is 3.87. The second-order valence-corrected chi connectivity index (χ2v) is 7.71. The third-order valence-electron chi connectivity index (χ3n) is 5.12. The molecule has 7 heteroatoms. The van der Waals surface area contributed by atoms with Crippen LogP contribution >= 0.6 is 0 Å². The number of methoxy groups -OCH3 is 1. The Bertz CT molecular complexity index is 1060. The number of H-pyrrole nitrogens is 1. The average Bonchev–Trinajstić information content (AvgIpc) is 3.21. The van der Waals surface area contributed by atoms with Crippen molar-refractivity contribution in [3.63, 3.8) is 0 Å². The number of halogens is 1. The maximum Gasteiger partial charge on any atom is 0.277 e. The lowest BCUT2D eigenvalue weighted by Gasteiger charge is -2.27. The van der Waals surface area contributed by atoms with Crippen LogP contribution in [0.4, 0.5) is 10.1 Å². The Morgan fingerprint density at radius 2 is 2.00 bits per heavy atom. The first-order chi connectivity index (χ1) is 13.9. The van der Waals surface area contributed by atoms with Crippen molar-refractivity contribution in [2.45, 2.75) is 33.2 Å². The van der Waals surface area contributed by atoms with Gasteiger partial charge in [0.2, 0.25) is 5.88 Å². The van der Waals surface area contributed by atoms with E-state index in [-0.39, 0.29) is 11.7 Å². The quantitative estimate of drug-likeness (QED) is 0.704. The second-order valence-electron chi connectivity index (χ2n) is 7.71. The lowest BCUT2D eigenvalue weighted by Crippen LogP contribution is -2.29. The molecule has 1 aromatic carbocycles. The molecule has 0 fully saturated rings. The van der Waals surface area contributed by atoms with Crippen LogP contribution in [0.25, 0.3) is 0 Å². The Morgan fingerprint density at radius 3 is 2.62 bits per heavy atom. The SMILES string of the molecule is COc1ncc(N2C(=O)c3[nH]nc(CC(C)C)c3C2c2ccc(F)cc2)cc1C. The molecule has 1 aliphatic heterocycles. The number of carbonyl (C=O) groups excluding carboxylic acids is 1. The average molecular weight is 394 g/mol. The van der Waals surface area contributed by atoms with Crippen LogP contribution in [0.2, 0.25) is 0 Å². The molecule has 4 rings (SSSR count). The van der Waals surface area contributed by atoms with Gasteiger partial charge in [0.25, 0.3) is 5.91 Å². The number of benzene rings is 1. The molecule has 0 saturated carbocycles. The Hall–Kier alpha value is -3.22. The van der Waals surface area contributed by atoms with E-state index in [9.17, 15) is 9.18 Å². The molecule has 0 saturated heterocycles. The molecule has 1 aliphatic rings. The molecule has 150 valence electrons. The molecule has 0 radical (unpaired) electrons. The molecule has 3 heterocycles. The first-order valence-electron chi connectivity index (χ1n) is 9.57. The lowest BCUT2D eigenvalue weighted by molar-refractivity contribution is 0.0988. The van der Waals surface area contributed by atoms with E-state index in [4.69, 9.17) is 4.74 Å². The van der Waals surface area contributed by atoms with Crippen LogP contribution in [0.15, 0.2) is 36.5 Å². The van der Waals surface area contributed by atoms with Gasteiger partial charge in [-0.2, -0.15) is 5.10 Å². The Balaban J connectivity index is 1.88. The number of rotatable bonds is 5. The van der Waals surface area contributed by atoms with Gasteiger partial charge in [-0.3, -0.25) is 14.8 Å². The minimum absolute atomic E-state index is 0.178. The van der Waals surface area contributed by atoms with Crippen LogP contribution < -0.4 is 9.64 Å². The molecule has 1 atom stereocenters. The van der Waals surface area contributed by atoms with Gasteiger partial charge in [0.1, 0.15) is 11.5 Å². The fourth-order valence-corrected chi connectivity index (χ4v) is 3.87. The number of aromatic amines is 1. The Labute approximate surface area is 168 Å². The number of nitrogens with zero attached hydrogens (tertiary/aromatic N) is 3. The van der Waals surface area contributed by atoms with Gasteiger partial charge in [-0.1, -0.05) is 26.0 Å². The van der Waals surface area contributed by atoms with Crippen LogP contribution in [-0.2, 0) is 6.42 Å². The van der Waals surface area contributed by atoms with Crippen molar-refractivity contribution in [3.05, 3.63) is 70.4 Å². The maximum absolute atomic E-state index is 13.6. The number of anilines is 1. The van der Waals surface area contributed by atoms with E-state index in [2.05, 4.69) is 29.0 Å². The predicted octanol–water partition coefficient (Wildman–Crippen LogP) is 4.21. The Kier molecular flexibility index (Phi) is 4.82. The highest BCUT2D eigenvalue weighted by Gasteiger charge is 2.43. The number of aromatic nitrogens is 3. The highest BCUT2D eigenvalue weighted by Crippen LogP contribution is 2.43. The van der Waals surface area contributed by atoms with Crippen LogP contribution in [0.1, 0.15) is 52.8 Å². The normalized spacial score (nSPS) is 15.9. The zero-order valence-electron chi connectivity index (χ0n) is 16.9. The lowest BCUT2D eigenvalue weighted by atomic mass is 9.95. The number of carbonyl (C=O) groups is 1. The molecule has 1 amide bonds. The first-order valence-corrected chi connectivity index (χ1v) is 9.57. The van der Waals surface area contributed by atoms with E-state index in [1.807, 2.05) is 13.0 Å². The van der Waals surface area contributed by atoms with Crippen molar-refractivity contribution in [3.8, 4) is 5.88 Å². The van der Waals surface area contributed by atoms with E-state index in [0.717, 1.165) is 28.8 Å². The van der Waals surface area contributed by atoms with Crippen LogP contribution in [0, 0.1) is 18.7 Å². The van der Waals surface area contributed by atoms with Crippen molar-refractivity contribution in [1.29, 1.82) is 0 Å². The van der Waals surface area contributed by atoms with Gasteiger partial charge >= 0.3 is 0 Å². The number of ether oxygens (including phenoxy) is 1. The summed E-state index contributed by atoms with van der Waals surface area (Å²) in [5, 5.41) is 7.34. The summed E-state index contributed by atoms with van der Waals surface area (Å²) in [6.07, 6.45) is 2.37. The molecule has 0 spiro atoms. The van der Waals surface area contributed by atoms with Crippen LogP contribution in [0.5, 0.6) is 5.88 Å². The third kappa shape index (κ3) is 3.26.